The second-order valence-electron chi connectivity index (χ2n) is 7.05. The molecule has 0 saturated carbocycles. The first-order valence-electron chi connectivity index (χ1n) is 9.55. The molecule has 0 bridgehead atoms. The van der Waals surface area contributed by atoms with E-state index in [0.717, 1.165) is 32.7 Å². The molecule has 4 rings (SSSR count). The van der Waals surface area contributed by atoms with Crippen LogP contribution in [-0.2, 0) is 16.1 Å². The van der Waals surface area contributed by atoms with Crippen molar-refractivity contribution in [1.82, 2.24) is 28.9 Å². The molecule has 146 valence electrons. The highest BCUT2D eigenvalue weighted by Gasteiger charge is 2.23. The number of hydrogen-bond donors (Lipinski definition) is 0. The number of aromatic nitrogens is 3. The maximum atomic E-state index is 12.3. The van der Waals surface area contributed by atoms with Crippen molar-refractivity contribution < 1.29 is 9.53 Å². The number of pyridine rings is 1. The van der Waals surface area contributed by atoms with E-state index in [1.165, 1.54) is 4.68 Å². The van der Waals surface area contributed by atoms with Crippen molar-refractivity contribution in [3.63, 3.8) is 0 Å². The first kappa shape index (κ1) is 18.1. The van der Waals surface area contributed by atoms with E-state index < -0.39 is 0 Å². The zero-order chi connectivity index (χ0) is 18.6. The monoisotopic (exact) mass is 374 g/mol. The highest BCUT2D eigenvalue weighted by molar-refractivity contribution is 5.78. The molecule has 2 aromatic rings. The van der Waals surface area contributed by atoms with Crippen LogP contribution in [0.25, 0.3) is 5.65 Å². The molecule has 0 spiro atoms. The van der Waals surface area contributed by atoms with Gasteiger partial charge in [0.1, 0.15) is 0 Å². The van der Waals surface area contributed by atoms with E-state index in [1.54, 1.807) is 10.6 Å². The Kier molecular flexibility index (Phi) is 5.51. The van der Waals surface area contributed by atoms with Gasteiger partial charge in [0.25, 0.3) is 0 Å². The fourth-order valence-electron chi connectivity index (χ4n) is 3.62. The molecule has 2 aromatic heterocycles. The zero-order valence-corrected chi connectivity index (χ0v) is 15.5. The fourth-order valence-corrected chi connectivity index (χ4v) is 3.62. The van der Waals surface area contributed by atoms with Crippen molar-refractivity contribution in [1.29, 1.82) is 0 Å². The molecule has 27 heavy (non-hydrogen) atoms. The summed E-state index contributed by atoms with van der Waals surface area (Å²) in [6.07, 6.45) is 1.74. The lowest BCUT2D eigenvalue weighted by atomic mass is 10.3. The smallest absolute Gasteiger partial charge is 0.350 e. The fraction of sp³-hybridized carbons (Fsp3) is 0.611. The third-order valence-electron chi connectivity index (χ3n) is 5.30. The van der Waals surface area contributed by atoms with Gasteiger partial charge in [0.05, 0.1) is 26.3 Å². The van der Waals surface area contributed by atoms with Crippen molar-refractivity contribution in [2.45, 2.75) is 6.54 Å². The number of amides is 1. The number of piperazine rings is 1. The first-order chi connectivity index (χ1) is 13.2. The van der Waals surface area contributed by atoms with Crippen LogP contribution in [0.3, 0.4) is 0 Å². The summed E-state index contributed by atoms with van der Waals surface area (Å²) < 4.78 is 8.40. The van der Waals surface area contributed by atoms with Crippen molar-refractivity contribution in [3.8, 4) is 0 Å². The van der Waals surface area contributed by atoms with Gasteiger partial charge in [-0.25, -0.2) is 9.48 Å². The third-order valence-corrected chi connectivity index (χ3v) is 5.30. The molecule has 0 radical (unpaired) electrons. The van der Waals surface area contributed by atoms with Crippen molar-refractivity contribution in [3.05, 3.63) is 34.9 Å². The van der Waals surface area contributed by atoms with Gasteiger partial charge >= 0.3 is 5.69 Å². The Morgan fingerprint density at radius 2 is 1.74 bits per heavy atom. The molecule has 9 nitrogen and oxygen atoms in total. The van der Waals surface area contributed by atoms with Crippen LogP contribution < -0.4 is 5.69 Å². The van der Waals surface area contributed by atoms with Crippen LogP contribution in [0, 0.1) is 0 Å². The van der Waals surface area contributed by atoms with Gasteiger partial charge in [0.2, 0.25) is 5.91 Å². The third kappa shape index (κ3) is 4.20. The summed E-state index contributed by atoms with van der Waals surface area (Å²) >= 11 is 0. The Hall–Kier alpha value is -2.23. The Morgan fingerprint density at radius 1 is 1.00 bits per heavy atom. The minimum atomic E-state index is -0.0969. The second-order valence-corrected chi connectivity index (χ2v) is 7.05. The SMILES string of the molecule is O=C(CN1CCN(CCn2nc3ccccn3c2=O)CC1)N1CCOCC1. The lowest BCUT2D eigenvalue weighted by molar-refractivity contribution is -0.136. The summed E-state index contributed by atoms with van der Waals surface area (Å²) in [4.78, 5) is 31.1. The normalized spacial score (nSPS) is 19.6. The number of fused-ring (bicyclic) bond motifs is 1. The highest BCUT2D eigenvalue weighted by atomic mass is 16.5. The van der Waals surface area contributed by atoms with Gasteiger partial charge < -0.3 is 9.64 Å². The maximum Gasteiger partial charge on any atom is 0.350 e. The number of carbonyl (C=O) groups is 1. The zero-order valence-electron chi connectivity index (χ0n) is 15.5. The van der Waals surface area contributed by atoms with Gasteiger partial charge in [-0.2, -0.15) is 0 Å². The second kappa shape index (κ2) is 8.20. The number of hydrogen-bond acceptors (Lipinski definition) is 6. The molecule has 0 aliphatic carbocycles. The van der Waals surface area contributed by atoms with Crippen LogP contribution in [0.2, 0.25) is 0 Å². The summed E-state index contributed by atoms with van der Waals surface area (Å²) in [5.41, 5.74) is 0.578. The Bertz CT molecular complexity index is 833. The van der Waals surface area contributed by atoms with E-state index in [1.807, 2.05) is 23.1 Å². The number of rotatable bonds is 5. The Labute approximate surface area is 157 Å². The molecule has 2 aliphatic rings. The average molecular weight is 374 g/mol. The summed E-state index contributed by atoms with van der Waals surface area (Å²) in [7, 11) is 0. The molecule has 4 heterocycles. The summed E-state index contributed by atoms with van der Waals surface area (Å²) in [6.45, 7) is 8.08. The molecule has 2 fully saturated rings. The molecule has 9 heteroatoms. The highest BCUT2D eigenvalue weighted by Crippen LogP contribution is 2.05. The number of nitrogens with zero attached hydrogens (tertiary/aromatic N) is 6. The average Bonchev–Trinajstić information content (AvgIpc) is 3.04. The van der Waals surface area contributed by atoms with Gasteiger partial charge in [0.15, 0.2) is 5.65 Å². The van der Waals surface area contributed by atoms with Crippen molar-refractivity contribution in [2.75, 3.05) is 65.6 Å². The molecule has 0 atom stereocenters. The number of ether oxygens (including phenoxy) is 1. The van der Waals surface area contributed by atoms with Crippen molar-refractivity contribution in [2.24, 2.45) is 0 Å². The van der Waals surface area contributed by atoms with E-state index in [-0.39, 0.29) is 11.6 Å². The van der Waals surface area contributed by atoms with Crippen molar-refractivity contribution >= 4 is 11.6 Å². The van der Waals surface area contributed by atoms with Crippen LogP contribution in [0.15, 0.2) is 29.2 Å². The van der Waals surface area contributed by atoms with Gasteiger partial charge in [-0.05, 0) is 12.1 Å². The Morgan fingerprint density at radius 3 is 2.48 bits per heavy atom. The lowest BCUT2D eigenvalue weighted by Gasteiger charge is -2.35. The van der Waals surface area contributed by atoms with Crippen LogP contribution >= 0.6 is 0 Å². The van der Waals surface area contributed by atoms with Gasteiger partial charge in [-0.3, -0.25) is 19.0 Å². The van der Waals surface area contributed by atoms with Gasteiger partial charge in [0, 0.05) is 52.0 Å². The molecule has 1 amide bonds. The summed E-state index contributed by atoms with van der Waals surface area (Å²) in [5.74, 6) is 0.197. The molecule has 0 unspecified atom stereocenters. The van der Waals surface area contributed by atoms with E-state index in [9.17, 15) is 9.59 Å². The van der Waals surface area contributed by atoms with Gasteiger partial charge in [-0.15, -0.1) is 5.10 Å². The van der Waals surface area contributed by atoms with Crippen LogP contribution in [0.5, 0.6) is 0 Å². The van der Waals surface area contributed by atoms with E-state index in [0.29, 0.717) is 45.0 Å². The van der Waals surface area contributed by atoms with Crippen LogP contribution in [0.1, 0.15) is 0 Å². The van der Waals surface area contributed by atoms with Gasteiger partial charge in [-0.1, -0.05) is 6.07 Å². The van der Waals surface area contributed by atoms with E-state index in [4.69, 9.17) is 4.74 Å². The quantitative estimate of drug-likeness (QED) is 0.667. The predicted molar refractivity (Wildman–Crippen MR) is 99.7 cm³/mol. The van der Waals surface area contributed by atoms with Crippen LogP contribution in [-0.4, -0.2) is 100 Å². The Balaban J connectivity index is 1.24. The predicted octanol–water partition coefficient (Wildman–Crippen LogP) is -1.03. The maximum absolute atomic E-state index is 12.3. The molecule has 0 N–H and O–H groups in total. The lowest BCUT2D eigenvalue weighted by Crippen LogP contribution is -2.52. The van der Waals surface area contributed by atoms with Crippen LogP contribution in [0.4, 0.5) is 0 Å². The minimum Gasteiger partial charge on any atom is -0.378 e. The molecular formula is C18H26N6O3. The minimum absolute atomic E-state index is 0.0969. The molecular weight excluding hydrogens is 348 g/mol. The standard InChI is InChI=1S/C18H26N6O3/c25-17(22-11-13-27-14-12-22)15-21-7-5-20(6-8-21)9-10-24-18(26)23-4-2-1-3-16(23)19-24/h1-4H,5-15H2. The molecule has 2 aliphatic heterocycles. The van der Waals surface area contributed by atoms with E-state index >= 15 is 0 Å². The molecule has 2 saturated heterocycles. The summed E-state index contributed by atoms with van der Waals surface area (Å²) in [5, 5.41) is 4.37. The first-order valence-corrected chi connectivity index (χ1v) is 9.55. The number of carbonyl (C=O) groups excluding carboxylic acids is 1. The van der Waals surface area contributed by atoms with E-state index in [2.05, 4.69) is 14.9 Å². The number of morpholine rings is 1. The summed E-state index contributed by atoms with van der Waals surface area (Å²) in [6, 6.07) is 5.55. The largest absolute Gasteiger partial charge is 0.378 e. The topological polar surface area (TPSA) is 75.3 Å². The molecule has 0 aromatic carbocycles.